The number of hydrogen-bond acceptors (Lipinski definition) is 4. The number of carboxylic acids is 1. The molecular formula is C26H35N3O4. The smallest absolute Gasteiger partial charge is 0.347 e. The molecule has 1 aromatic carbocycles. The van der Waals surface area contributed by atoms with Gasteiger partial charge in [0.25, 0.3) is 0 Å². The van der Waals surface area contributed by atoms with E-state index in [0.717, 1.165) is 29.8 Å². The molecule has 0 aliphatic carbocycles. The number of hydrogen-bond donors (Lipinski definition) is 1. The molecule has 0 saturated carbocycles. The summed E-state index contributed by atoms with van der Waals surface area (Å²) in [4.78, 5) is 24.2. The van der Waals surface area contributed by atoms with Crippen molar-refractivity contribution in [2.24, 2.45) is 0 Å². The summed E-state index contributed by atoms with van der Waals surface area (Å²) in [5, 5.41) is 13.9. The number of carbonyl (C=O) groups is 1. The zero-order valence-corrected chi connectivity index (χ0v) is 20.1. The van der Waals surface area contributed by atoms with Crippen molar-refractivity contribution in [2.75, 3.05) is 0 Å². The van der Waals surface area contributed by atoms with Gasteiger partial charge in [0.15, 0.2) is 5.60 Å². The Hall–Kier alpha value is -3.35. The molecule has 0 spiro atoms. The molecule has 1 heterocycles. The lowest BCUT2D eigenvalue weighted by Crippen LogP contribution is -2.37. The van der Waals surface area contributed by atoms with E-state index in [1.165, 1.54) is 18.5 Å². The van der Waals surface area contributed by atoms with Crippen LogP contribution in [0.25, 0.3) is 0 Å². The Morgan fingerprint density at radius 2 is 2.06 bits per heavy atom. The predicted octanol–water partition coefficient (Wildman–Crippen LogP) is 4.56. The van der Waals surface area contributed by atoms with E-state index >= 15 is 0 Å². The monoisotopic (exact) mass is 453 g/mol. The maximum atomic E-state index is 12.9. The summed E-state index contributed by atoms with van der Waals surface area (Å²) in [7, 11) is 0. The van der Waals surface area contributed by atoms with Gasteiger partial charge in [0, 0.05) is 13.0 Å². The number of aryl methyl sites for hydroxylation is 2. The van der Waals surface area contributed by atoms with E-state index in [0.29, 0.717) is 31.7 Å². The second-order valence-electron chi connectivity index (χ2n) is 8.52. The third-order valence-corrected chi connectivity index (χ3v) is 5.14. The van der Waals surface area contributed by atoms with E-state index in [9.17, 15) is 14.7 Å². The largest absolute Gasteiger partial charge is 0.478 e. The summed E-state index contributed by atoms with van der Waals surface area (Å²) in [6, 6.07) is 7.39. The van der Waals surface area contributed by atoms with E-state index in [1.54, 1.807) is 16.7 Å². The zero-order valence-electron chi connectivity index (χ0n) is 20.1. The lowest BCUT2D eigenvalue weighted by atomic mass is 10.1. The summed E-state index contributed by atoms with van der Waals surface area (Å²) in [6.07, 6.45) is 10.6. The van der Waals surface area contributed by atoms with Gasteiger partial charge < -0.3 is 9.84 Å². The fraction of sp³-hybridized carbons (Fsp3) is 0.423. The molecule has 33 heavy (non-hydrogen) atoms. The van der Waals surface area contributed by atoms with Crippen LogP contribution in [0.5, 0.6) is 5.75 Å². The molecule has 0 amide bonds. The Balaban J connectivity index is 2.16. The molecule has 0 atom stereocenters. The molecule has 7 nitrogen and oxygen atoms in total. The van der Waals surface area contributed by atoms with Crippen molar-refractivity contribution in [3.05, 3.63) is 82.6 Å². The quantitative estimate of drug-likeness (QED) is 0.355. The van der Waals surface area contributed by atoms with Crippen molar-refractivity contribution in [3.8, 4) is 5.75 Å². The molecule has 0 fully saturated rings. The Morgan fingerprint density at radius 3 is 2.73 bits per heavy atom. The first-order valence-corrected chi connectivity index (χ1v) is 11.3. The van der Waals surface area contributed by atoms with Gasteiger partial charge in [0.1, 0.15) is 11.6 Å². The van der Waals surface area contributed by atoms with Crippen molar-refractivity contribution in [1.82, 2.24) is 14.3 Å². The SMILES string of the molecule is C=C/C=C\C/C=C(\C)Cn1nc(CCc2cccc(OC(C)(C)C(=O)O)c2)n(CCC)c1=O. The summed E-state index contributed by atoms with van der Waals surface area (Å²) < 4.78 is 8.92. The number of aromatic nitrogens is 3. The van der Waals surface area contributed by atoms with Crippen LogP contribution in [0.2, 0.25) is 0 Å². The molecule has 1 aromatic heterocycles. The number of benzene rings is 1. The third kappa shape index (κ3) is 7.63. The zero-order chi connectivity index (χ0) is 24.4. The highest BCUT2D eigenvalue weighted by atomic mass is 16.5. The summed E-state index contributed by atoms with van der Waals surface area (Å²) in [6.45, 7) is 11.8. The standard InChI is InChI=1S/C26H35N3O4/c1-6-8-9-10-12-20(3)19-29-25(32)28(17-7-2)23(27-29)16-15-21-13-11-14-22(18-21)33-26(4,5)24(30)31/h6,8-9,11-14,18H,1,7,10,15-17,19H2,2-5H3,(H,30,31)/b9-8-,20-12+. The average molecular weight is 454 g/mol. The molecule has 2 rings (SSSR count). The Labute approximate surface area is 195 Å². The van der Waals surface area contributed by atoms with E-state index in [1.807, 2.05) is 44.2 Å². The molecule has 0 unspecified atom stereocenters. The molecule has 1 N–H and O–H groups in total. The van der Waals surface area contributed by atoms with Gasteiger partial charge in [-0.1, -0.05) is 55.5 Å². The number of rotatable bonds is 13. The summed E-state index contributed by atoms with van der Waals surface area (Å²) in [5.41, 5.74) is 0.654. The highest BCUT2D eigenvalue weighted by Gasteiger charge is 2.29. The van der Waals surface area contributed by atoms with Gasteiger partial charge in [-0.3, -0.25) is 4.57 Å². The van der Waals surface area contributed by atoms with E-state index in [-0.39, 0.29) is 5.69 Å². The van der Waals surface area contributed by atoms with Gasteiger partial charge in [-0.25, -0.2) is 14.3 Å². The highest BCUT2D eigenvalue weighted by molar-refractivity contribution is 5.76. The number of ether oxygens (including phenoxy) is 1. The first kappa shape index (κ1) is 25.9. The Kier molecular flexibility index (Phi) is 9.45. The van der Waals surface area contributed by atoms with Crippen LogP contribution < -0.4 is 10.4 Å². The van der Waals surface area contributed by atoms with E-state index in [4.69, 9.17) is 4.74 Å². The summed E-state index contributed by atoms with van der Waals surface area (Å²) >= 11 is 0. The molecule has 0 aliphatic rings. The third-order valence-electron chi connectivity index (χ3n) is 5.14. The highest BCUT2D eigenvalue weighted by Crippen LogP contribution is 2.21. The molecule has 0 bridgehead atoms. The van der Waals surface area contributed by atoms with Crippen LogP contribution in [0.1, 0.15) is 51.9 Å². The van der Waals surface area contributed by atoms with Crippen molar-refractivity contribution in [1.29, 1.82) is 0 Å². The number of carboxylic acid groups (broad SMARTS) is 1. The lowest BCUT2D eigenvalue weighted by Gasteiger charge is -2.21. The van der Waals surface area contributed by atoms with Gasteiger partial charge in [0.05, 0.1) is 6.54 Å². The van der Waals surface area contributed by atoms with Crippen molar-refractivity contribution < 1.29 is 14.6 Å². The van der Waals surface area contributed by atoms with Gasteiger partial charge in [-0.05, 0) is 57.7 Å². The van der Waals surface area contributed by atoms with Crippen molar-refractivity contribution in [2.45, 2.75) is 72.1 Å². The van der Waals surface area contributed by atoms with Gasteiger partial charge in [-0.2, -0.15) is 5.10 Å². The minimum absolute atomic E-state index is 0.0958. The van der Waals surface area contributed by atoms with Crippen LogP contribution in [-0.4, -0.2) is 31.0 Å². The maximum absolute atomic E-state index is 12.9. The maximum Gasteiger partial charge on any atom is 0.347 e. The number of allylic oxidation sites excluding steroid dienone is 5. The first-order chi connectivity index (χ1) is 15.7. The molecule has 0 saturated heterocycles. The minimum Gasteiger partial charge on any atom is -0.478 e. The molecular weight excluding hydrogens is 418 g/mol. The van der Waals surface area contributed by atoms with Crippen molar-refractivity contribution in [3.63, 3.8) is 0 Å². The Bertz CT molecular complexity index is 1070. The van der Waals surface area contributed by atoms with Crippen molar-refractivity contribution >= 4 is 5.97 Å². The average Bonchev–Trinajstić information content (AvgIpc) is 3.04. The van der Waals surface area contributed by atoms with Crippen LogP contribution in [0, 0.1) is 0 Å². The van der Waals surface area contributed by atoms with Crippen LogP contribution in [-0.2, 0) is 30.7 Å². The normalized spacial score (nSPS) is 12.3. The van der Waals surface area contributed by atoms with Crippen LogP contribution >= 0.6 is 0 Å². The second kappa shape index (κ2) is 12.0. The predicted molar refractivity (Wildman–Crippen MR) is 131 cm³/mol. The van der Waals surface area contributed by atoms with Crippen LogP contribution in [0.15, 0.2) is 65.5 Å². The van der Waals surface area contributed by atoms with Gasteiger partial charge in [-0.15, -0.1) is 0 Å². The topological polar surface area (TPSA) is 86.3 Å². The van der Waals surface area contributed by atoms with Crippen LogP contribution in [0.3, 0.4) is 0 Å². The number of nitrogens with zero attached hydrogens (tertiary/aromatic N) is 3. The molecule has 0 aliphatic heterocycles. The van der Waals surface area contributed by atoms with E-state index < -0.39 is 11.6 Å². The van der Waals surface area contributed by atoms with Gasteiger partial charge >= 0.3 is 11.7 Å². The molecule has 7 heteroatoms. The molecule has 178 valence electrons. The first-order valence-electron chi connectivity index (χ1n) is 11.3. The molecule has 2 aromatic rings. The fourth-order valence-electron chi connectivity index (χ4n) is 3.33. The summed E-state index contributed by atoms with van der Waals surface area (Å²) in [5.74, 6) is 0.226. The second-order valence-corrected chi connectivity index (χ2v) is 8.52. The lowest BCUT2D eigenvalue weighted by molar-refractivity contribution is -0.152. The number of aliphatic carboxylic acids is 1. The fourth-order valence-corrected chi connectivity index (χ4v) is 3.33. The van der Waals surface area contributed by atoms with E-state index in [2.05, 4.69) is 17.8 Å². The molecule has 0 radical (unpaired) electrons. The Morgan fingerprint density at radius 1 is 1.30 bits per heavy atom. The van der Waals surface area contributed by atoms with Crippen LogP contribution in [0.4, 0.5) is 0 Å². The minimum atomic E-state index is -1.31. The van der Waals surface area contributed by atoms with Gasteiger partial charge in [0.2, 0.25) is 0 Å².